The average Bonchev–Trinajstić information content (AvgIpc) is 3.17. The molecule has 1 fully saturated rings. The Morgan fingerprint density at radius 1 is 1.28 bits per heavy atom. The Bertz CT molecular complexity index is 774. The number of nitrogens with one attached hydrogen (secondary N) is 1. The van der Waals surface area contributed by atoms with Crippen LogP contribution >= 0.6 is 0 Å². The van der Waals surface area contributed by atoms with Gasteiger partial charge in [-0.15, -0.1) is 0 Å². The molecule has 7 heteroatoms. The van der Waals surface area contributed by atoms with Crippen molar-refractivity contribution in [2.24, 2.45) is 0 Å². The highest BCUT2D eigenvalue weighted by Gasteiger charge is 2.36. The number of amides is 2. The number of para-hydroxylation sites is 1. The molecule has 2 atom stereocenters. The van der Waals surface area contributed by atoms with Crippen LogP contribution in [0.4, 0.5) is 5.69 Å². The van der Waals surface area contributed by atoms with Gasteiger partial charge in [0.25, 0.3) is 0 Å². The highest BCUT2D eigenvalue weighted by Crippen LogP contribution is 2.36. The molecule has 4 rings (SSSR count). The van der Waals surface area contributed by atoms with Crippen LogP contribution in [-0.4, -0.2) is 33.4 Å². The van der Waals surface area contributed by atoms with E-state index >= 15 is 0 Å². The standard InChI is InChI=1S/C18H20N4O3/c23-16(10-13-12-6-3-4-7-14(12)20-18(13)24)22-9-5-1-2-8-15(22)17-19-11-25-21-17/h3-4,6-7,11,13,15H,1-2,5,8-10H2,(H,20,24)/t13-,15+/m0/s1. The van der Waals surface area contributed by atoms with Crippen LogP contribution in [0.2, 0.25) is 0 Å². The smallest absolute Gasteiger partial charge is 0.232 e. The fraction of sp³-hybridized carbons (Fsp3) is 0.444. The van der Waals surface area contributed by atoms with Gasteiger partial charge in [0.1, 0.15) is 0 Å². The highest BCUT2D eigenvalue weighted by molar-refractivity contribution is 6.04. The maximum atomic E-state index is 13.0. The van der Waals surface area contributed by atoms with E-state index in [4.69, 9.17) is 4.52 Å². The van der Waals surface area contributed by atoms with Gasteiger partial charge >= 0.3 is 0 Å². The molecular weight excluding hydrogens is 320 g/mol. The van der Waals surface area contributed by atoms with Crippen LogP contribution < -0.4 is 5.32 Å². The Morgan fingerprint density at radius 3 is 3.00 bits per heavy atom. The molecule has 0 unspecified atom stereocenters. The average molecular weight is 340 g/mol. The summed E-state index contributed by atoms with van der Waals surface area (Å²) < 4.78 is 4.87. The highest BCUT2D eigenvalue weighted by atomic mass is 16.5. The quantitative estimate of drug-likeness (QED) is 0.928. The first kappa shape index (κ1) is 15.8. The zero-order valence-electron chi connectivity index (χ0n) is 13.9. The number of hydrogen-bond donors (Lipinski definition) is 1. The molecular formula is C18H20N4O3. The topological polar surface area (TPSA) is 88.3 Å². The summed E-state index contributed by atoms with van der Waals surface area (Å²) >= 11 is 0. The summed E-state index contributed by atoms with van der Waals surface area (Å²) in [5.41, 5.74) is 1.70. The van der Waals surface area contributed by atoms with Crippen LogP contribution in [0.25, 0.3) is 0 Å². The van der Waals surface area contributed by atoms with Crippen molar-refractivity contribution in [3.8, 4) is 0 Å². The molecule has 1 saturated heterocycles. The van der Waals surface area contributed by atoms with E-state index in [2.05, 4.69) is 15.5 Å². The maximum Gasteiger partial charge on any atom is 0.232 e. The first-order valence-electron chi connectivity index (χ1n) is 8.69. The van der Waals surface area contributed by atoms with Gasteiger partial charge < -0.3 is 14.7 Å². The van der Waals surface area contributed by atoms with E-state index in [0.717, 1.165) is 36.9 Å². The number of carbonyl (C=O) groups excluding carboxylic acids is 2. The molecule has 1 aromatic heterocycles. The molecule has 0 radical (unpaired) electrons. The lowest BCUT2D eigenvalue weighted by Gasteiger charge is -2.28. The summed E-state index contributed by atoms with van der Waals surface area (Å²) in [4.78, 5) is 31.3. The van der Waals surface area contributed by atoms with Gasteiger partial charge in [-0.05, 0) is 24.5 Å². The summed E-state index contributed by atoms with van der Waals surface area (Å²) in [5, 5.41) is 6.80. The van der Waals surface area contributed by atoms with Gasteiger partial charge in [-0.2, -0.15) is 4.98 Å². The monoisotopic (exact) mass is 340 g/mol. The maximum absolute atomic E-state index is 13.0. The minimum atomic E-state index is -0.433. The van der Waals surface area contributed by atoms with E-state index in [-0.39, 0.29) is 24.3 Å². The zero-order chi connectivity index (χ0) is 17.2. The minimum absolute atomic E-state index is 0.0337. The predicted molar refractivity (Wildman–Crippen MR) is 89.6 cm³/mol. The van der Waals surface area contributed by atoms with Crippen LogP contribution in [0.1, 0.15) is 55.5 Å². The van der Waals surface area contributed by atoms with E-state index in [1.165, 1.54) is 6.39 Å². The van der Waals surface area contributed by atoms with Crippen molar-refractivity contribution in [2.75, 3.05) is 11.9 Å². The molecule has 0 aliphatic carbocycles. The first-order chi connectivity index (χ1) is 12.2. The van der Waals surface area contributed by atoms with Crippen LogP contribution in [0, 0.1) is 0 Å². The SMILES string of the molecule is O=C1Nc2ccccc2[C@@H]1CC(=O)N1CCCCC[C@@H]1c1ncon1. The number of aromatic nitrogens is 2. The Morgan fingerprint density at radius 2 is 2.16 bits per heavy atom. The van der Waals surface area contributed by atoms with Crippen LogP contribution in [-0.2, 0) is 9.59 Å². The Hall–Kier alpha value is -2.70. The summed E-state index contributed by atoms with van der Waals surface area (Å²) in [6.07, 6.45) is 5.33. The van der Waals surface area contributed by atoms with E-state index in [1.54, 1.807) is 0 Å². The van der Waals surface area contributed by atoms with Crippen molar-refractivity contribution in [2.45, 2.75) is 44.1 Å². The Kier molecular flexibility index (Phi) is 4.21. The second-order valence-electron chi connectivity index (χ2n) is 6.57. The molecule has 1 aromatic carbocycles. The fourth-order valence-electron chi connectivity index (χ4n) is 3.77. The van der Waals surface area contributed by atoms with Gasteiger partial charge in [-0.1, -0.05) is 36.2 Å². The number of carbonyl (C=O) groups is 2. The Balaban J connectivity index is 1.56. The molecule has 2 aromatic rings. The van der Waals surface area contributed by atoms with E-state index in [1.807, 2.05) is 29.2 Å². The zero-order valence-corrected chi connectivity index (χ0v) is 13.9. The fourth-order valence-corrected chi connectivity index (χ4v) is 3.77. The first-order valence-corrected chi connectivity index (χ1v) is 8.69. The van der Waals surface area contributed by atoms with E-state index in [0.29, 0.717) is 12.4 Å². The Labute approximate surface area is 145 Å². The third kappa shape index (κ3) is 3.01. The van der Waals surface area contributed by atoms with Crippen LogP contribution in [0.3, 0.4) is 0 Å². The molecule has 0 saturated carbocycles. The molecule has 0 bridgehead atoms. The number of likely N-dealkylation sites (tertiary alicyclic amines) is 1. The number of hydrogen-bond acceptors (Lipinski definition) is 5. The third-order valence-corrected chi connectivity index (χ3v) is 5.04. The minimum Gasteiger partial charge on any atom is -0.343 e. The largest absolute Gasteiger partial charge is 0.343 e. The number of nitrogens with zero attached hydrogens (tertiary/aromatic N) is 3. The summed E-state index contributed by atoms with van der Waals surface area (Å²) in [7, 11) is 0. The van der Waals surface area contributed by atoms with Crippen molar-refractivity contribution < 1.29 is 14.1 Å². The second kappa shape index (κ2) is 6.66. The summed E-state index contributed by atoms with van der Waals surface area (Å²) in [6, 6.07) is 7.37. The molecule has 3 heterocycles. The van der Waals surface area contributed by atoms with Crippen molar-refractivity contribution in [3.05, 3.63) is 42.0 Å². The lowest BCUT2D eigenvalue weighted by atomic mass is 9.96. The van der Waals surface area contributed by atoms with E-state index < -0.39 is 5.92 Å². The van der Waals surface area contributed by atoms with Crippen molar-refractivity contribution in [3.63, 3.8) is 0 Å². The van der Waals surface area contributed by atoms with Gasteiger partial charge in [0.05, 0.1) is 12.0 Å². The molecule has 0 spiro atoms. The molecule has 2 amide bonds. The molecule has 25 heavy (non-hydrogen) atoms. The molecule has 2 aliphatic rings. The van der Waals surface area contributed by atoms with Crippen molar-refractivity contribution >= 4 is 17.5 Å². The number of benzene rings is 1. The third-order valence-electron chi connectivity index (χ3n) is 5.04. The number of rotatable bonds is 3. The van der Waals surface area contributed by atoms with Gasteiger partial charge in [0, 0.05) is 18.7 Å². The van der Waals surface area contributed by atoms with Crippen LogP contribution in [0.15, 0.2) is 35.2 Å². The van der Waals surface area contributed by atoms with Gasteiger partial charge in [-0.25, -0.2) is 0 Å². The van der Waals surface area contributed by atoms with Crippen molar-refractivity contribution in [1.29, 1.82) is 0 Å². The number of anilines is 1. The van der Waals surface area contributed by atoms with Gasteiger partial charge in [-0.3, -0.25) is 9.59 Å². The van der Waals surface area contributed by atoms with Crippen molar-refractivity contribution in [1.82, 2.24) is 15.0 Å². The molecule has 1 N–H and O–H groups in total. The van der Waals surface area contributed by atoms with Crippen LogP contribution in [0.5, 0.6) is 0 Å². The van der Waals surface area contributed by atoms with Gasteiger partial charge in [0.2, 0.25) is 18.2 Å². The molecule has 130 valence electrons. The second-order valence-corrected chi connectivity index (χ2v) is 6.57. The van der Waals surface area contributed by atoms with E-state index in [9.17, 15) is 9.59 Å². The van der Waals surface area contributed by atoms with Gasteiger partial charge in [0.15, 0.2) is 5.82 Å². The normalized spacial score (nSPS) is 23.0. The predicted octanol–water partition coefficient (Wildman–Crippen LogP) is 2.64. The molecule has 7 nitrogen and oxygen atoms in total. The lowest BCUT2D eigenvalue weighted by molar-refractivity contribution is -0.135. The lowest BCUT2D eigenvalue weighted by Crippen LogP contribution is -2.36. The summed E-state index contributed by atoms with van der Waals surface area (Å²) in [5.74, 6) is -0.0292. The number of fused-ring (bicyclic) bond motifs is 1. The molecule has 2 aliphatic heterocycles. The summed E-state index contributed by atoms with van der Waals surface area (Å²) in [6.45, 7) is 0.661.